The number of nitrogens with zero attached hydrogens (tertiary/aromatic N) is 1. The minimum atomic E-state index is -0.667. The van der Waals surface area contributed by atoms with Crippen LogP contribution in [0.15, 0.2) is 53.9 Å². The fraction of sp³-hybridized carbons (Fsp3) is 0.105. The number of benzene rings is 2. The maximum Gasteiger partial charge on any atom is 0.338 e. The molecule has 7 nitrogen and oxygen atoms in total. The van der Waals surface area contributed by atoms with Crippen LogP contribution in [0.2, 0.25) is 0 Å². The highest BCUT2D eigenvalue weighted by Crippen LogP contribution is 2.32. The summed E-state index contributed by atoms with van der Waals surface area (Å²) in [6.07, 6.45) is 0. The van der Waals surface area contributed by atoms with Gasteiger partial charge in [-0.1, -0.05) is 12.1 Å². The molecule has 0 unspecified atom stereocenters. The van der Waals surface area contributed by atoms with Gasteiger partial charge in [-0.15, -0.1) is 11.3 Å². The van der Waals surface area contributed by atoms with Gasteiger partial charge in [-0.25, -0.2) is 14.6 Å². The van der Waals surface area contributed by atoms with Crippen molar-refractivity contribution in [3.05, 3.63) is 65.2 Å². The Labute approximate surface area is 159 Å². The second kappa shape index (κ2) is 8.33. The fourth-order valence-electron chi connectivity index (χ4n) is 2.37. The van der Waals surface area contributed by atoms with E-state index >= 15 is 0 Å². The van der Waals surface area contributed by atoms with Crippen molar-refractivity contribution in [3.63, 3.8) is 0 Å². The molecule has 1 aromatic heterocycles. The number of amides is 2. The average molecular weight is 383 g/mol. The highest BCUT2D eigenvalue weighted by molar-refractivity contribution is 7.13. The standard InChI is InChI=1S/C19H17N3O4S/c1-25-16-5-3-2-4-15(16)17-21-14(11-27-17)10-26-18(23)12-6-8-13(9-7-12)22-19(20)24/h2-9,11H,10H2,1H3,(H3,20,22,24). The first-order chi connectivity index (χ1) is 13.1. The van der Waals surface area contributed by atoms with E-state index in [1.807, 2.05) is 29.6 Å². The molecule has 0 bridgehead atoms. The van der Waals surface area contributed by atoms with E-state index in [1.54, 1.807) is 31.4 Å². The molecule has 0 spiro atoms. The van der Waals surface area contributed by atoms with E-state index in [2.05, 4.69) is 10.3 Å². The summed E-state index contributed by atoms with van der Waals surface area (Å²) in [6.45, 7) is 0.0613. The molecule has 138 valence electrons. The molecule has 1 heterocycles. The number of methoxy groups -OCH3 is 1. The molecular formula is C19H17N3O4S. The Morgan fingerprint density at radius 3 is 2.59 bits per heavy atom. The van der Waals surface area contributed by atoms with E-state index in [-0.39, 0.29) is 6.61 Å². The quantitative estimate of drug-likeness (QED) is 0.632. The topological polar surface area (TPSA) is 104 Å². The summed E-state index contributed by atoms with van der Waals surface area (Å²) in [5.74, 6) is 0.257. The molecular weight excluding hydrogens is 366 g/mol. The van der Waals surface area contributed by atoms with Gasteiger partial charge in [-0.05, 0) is 36.4 Å². The lowest BCUT2D eigenvalue weighted by atomic mass is 10.2. The number of anilines is 1. The zero-order chi connectivity index (χ0) is 19.2. The third-order valence-electron chi connectivity index (χ3n) is 3.63. The summed E-state index contributed by atoms with van der Waals surface area (Å²) in [7, 11) is 1.61. The second-order valence-corrected chi connectivity index (χ2v) is 6.35. The lowest BCUT2D eigenvalue weighted by Crippen LogP contribution is -2.19. The molecule has 8 heteroatoms. The largest absolute Gasteiger partial charge is 0.496 e. The molecule has 3 N–H and O–H groups in total. The van der Waals surface area contributed by atoms with Gasteiger partial charge in [0, 0.05) is 11.1 Å². The Morgan fingerprint density at radius 2 is 1.89 bits per heavy atom. The number of urea groups is 1. The zero-order valence-corrected chi connectivity index (χ0v) is 15.3. The monoisotopic (exact) mass is 383 g/mol. The van der Waals surface area contributed by atoms with Crippen molar-refractivity contribution < 1.29 is 19.1 Å². The van der Waals surface area contributed by atoms with E-state index in [4.69, 9.17) is 15.2 Å². The van der Waals surface area contributed by atoms with Crippen LogP contribution in [0.3, 0.4) is 0 Å². The van der Waals surface area contributed by atoms with Crippen LogP contribution in [-0.4, -0.2) is 24.1 Å². The second-order valence-electron chi connectivity index (χ2n) is 5.49. The molecule has 2 aromatic carbocycles. The molecule has 0 aliphatic heterocycles. The molecule has 0 atom stereocenters. The van der Waals surface area contributed by atoms with Gasteiger partial charge in [0.05, 0.1) is 23.9 Å². The highest BCUT2D eigenvalue weighted by Gasteiger charge is 2.12. The summed E-state index contributed by atoms with van der Waals surface area (Å²) < 4.78 is 10.6. The van der Waals surface area contributed by atoms with Gasteiger partial charge in [0.2, 0.25) is 0 Å². The van der Waals surface area contributed by atoms with Crippen molar-refractivity contribution in [1.82, 2.24) is 4.98 Å². The van der Waals surface area contributed by atoms with Crippen LogP contribution in [0.1, 0.15) is 16.1 Å². The molecule has 2 amide bonds. The predicted molar refractivity (Wildman–Crippen MR) is 103 cm³/mol. The number of primary amides is 1. The van der Waals surface area contributed by atoms with Crippen LogP contribution in [0.5, 0.6) is 5.75 Å². The van der Waals surface area contributed by atoms with Gasteiger partial charge in [0.1, 0.15) is 17.4 Å². The van der Waals surface area contributed by atoms with Gasteiger partial charge < -0.3 is 20.5 Å². The van der Waals surface area contributed by atoms with Crippen molar-refractivity contribution in [2.45, 2.75) is 6.61 Å². The normalized spacial score (nSPS) is 10.3. The molecule has 0 saturated carbocycles. The van der Waals surface area contributed by atoms with Crippen molar-refractivity contribution in [2.75, 3.05) is 12.4 Å². The van der Waals surface area contributed by atoms with Crippen LogP contribution in [-0.2, 0) is 11.3 Å². The summed E-state index contributed by atoms with van der Waals surface area (Å²) in [5, 5.41) is 5.06. The Hall–Kier alpha value is -3.39. The Balaban J connectivity index is 1.63. The van der Waals surface area contributed by atoms with Gasteiger partial charge >= 0.3 is 12.0 Å². The summed E-state index contributed by atoms with van der Waals surface area (Å²) >= 11 is 1.45. The van der Waals surface area contributed by atoms with Gasteiger partial charge in [0.25, 0.3) is 0 Å². The van der Waals surface area contributed by atoms with Gasteiger partial charge in [-0.2, -0.15) is 0 Å². The first-order valence-electron chi connectivity index (χ1n) is 7.98. The molecule has 0 radical (unpaired) electrons. The summed E-state index contributed by atoms with van der Waals surface area (Å²) in [4.78, 5) is 27.4. The minimum Gasteiger partial charge on any atom is -0.496 e. The van der Waals surface area contributed by atoms with Crippen molar-refractivity contribution in [2.24, 2.45) is 5.73 Å². The van der Waals surface area contributed by atoms with Gasteiger partial charge in [-0.3, -0.25) is 0 Å². The van der Waals surface area contributed by atoms with E-state index in [0.717, 1.165) is 16.3 Å². The first kappa shape index (κ1) is 18.4. The van der Waals surface area contributed by atoms with E-state index in [0.29, 0.717) is 16.9 Å². The number of nitrogens with two attached hydrogens (primary N) is 1. The summed E-state index contributed by atoms with van der Waals surface area (Å²) in [6, 6.07) is 13.2. The molecule has 0 saturated heterocycles. The van der Waals surface area contributed by atoms with E-state index in [9.17, 15) is 9.59 Å². The van der Waals surface area contributed by atoms with Crippen LogP contribution < -0.4 is 15.8 Å². The summed E-state index contributed by atoms with van der Waals surface area (Å²) in [5.41, 5.74) is 7.45. The number of thiazole rings is 1. The number of nitrogens with one attached hydrogen (secondary N) is 1. The minimum absolute atomic E-state index is 0.0613. The van der Waals surface area contributed by atoms with Crippen LogP contribution >= 0.6 is 11.3 Å². The van der Waals surface area contributed by atoms with Crippen LogP contribution in [0, 0.1) is 0 Å². The molecule has 0 fully saturated rings. The molecule has 3 rings (SSSR count). The van der Waals surface area contributed by atoms with Crippen LogP contribution in [0.4, 0.5) is 10.5 Å². The third kappa shape index (κ3) is 4.62. The lowest BCUT2D eigenvalue weighted by molar-refractivity contribution is 0.0468. The number of aromatic nitrogens is 1. The number of esters is 1. The first-order valence-corrected chi connectivity index (χ1v) is 8.86. The number of ether oxygens (including phenoxy) is 2. The smallest absolute Gasteiger partial charge is 0.338 e. The Morgan fingerprint density at radius 1 is 1.15 bits per heavy atom. The van der Waals surface area contributed by atoms with E-state index < -0.39 is 12.0 Å². The molecule has 27 heavy (non-hydrogen) atoms. The zero-order valence-electron chi connectivity index (χ0n) is 14.5. The number of para-hydroxylation sites is 1. The number of hydrogen-bond acceptors (Lipinski definition) is 6. The maximum atomic E-state index is 12.2. The van der Waals surface area contributed by atoms with Crippen molar-refractivity contribution in [1.29, 1.82) is 0 Å². The van der Waals surface area contributed by atoms with Crippen molar-refractivity contribution >= 4 is 29.0 Å². The molecule has 3 aromatic rings. The number of rotatable bonds is 6. The van der Waals surface area contributed by atoms with Crippen LogP contribution in [0.25, 0.3) is 10.6 Å². The van der Waals surface area contributed by atoms with Crippen molar-refractivity contribution in [3.8, 4) is 16.3 Å². The Kier molecular flexibility index (Phi) is 5.68. The fourth-order valence-corrected chi connectivity index (χ4v) is 3.21. The SMILES string of the molecule is COc1ccccc1-c1nc(COC(=O)c2ccc(NC(N)=O)cc2)cs1. The lowest BCUT2D eigenvalue weighted by Gasteiger charge is -2.05. The average Bonchev–Trinajstić information content (AvgIpc) is 3.15. The number of carbonyl (C=O) groups is 2. The molecule has 0 aliphatic carbocycles. The highest BCUT2D eigenvalue weighted by atomic mass is 32.1. The number of carbonyl (C=O) groups excluding carboxylic acids is 2. The predicted octanol–water partition coefficient (Wildman–Crippen LogP) is 3.67. The Bertz CT molecular complexity index is 954. The third-order valence-corrected chi connectivity index (χ3v) is 4.55. The molecule has 0 aliphatic rings. The maximum absolute atomic E-state index is 12.2. The van der Waals surface area contributed by atoms with E-state index in [1.165, 1.54) is 11.3 Å². The van der Waals surface area contributed by atoms with Gasteiger partial charge in [0.15, 0.2) is 0 Å². The number of hydrogen-bond donors (Lipinski definition) is 2.